The van der Waals surface area contributed by atoms with Crippen molar-refractivity contribution in [3.63, 3.8) is 0 Å². The first-order valence-electron chi connectivity index (χ1n) is 4.09. The molecule has 0 aromatic carbocycles. The van der Waals surface area contributed by atoms with Gasteiger partial charge in [-0.2, -0.15) is 4.98 Å². The van der Waals surface area contributed by atoms with Gasteiger partial charge in [0.1, 0.15) is 0 Å². The summed E-state index contributed by atoms with van der Waals surface area (Å²) >= 11 is 0. The van der Waals surface area contributed by atoms with Gasteiger partial charge in [-0.15, -0.1) is 10.2 Å². The molecule has 7 heteroatoms. The molecule has 0 radical (unpaired) electrons. The largest absolute Gasteiger partial charge is 0.424 e. The van der Waals surface area contributed by atoms with Crippen LogP contribution in [0.5, 0.6) is 0 Å². The van der Waals surface area contributed by atoms with Crippen LogP contribution in [-0.4, -0.2) is 20.3 Å². The first-order chi connectivity index (χ1) is 6.84. The third kappa shape index (κ3) is 2.13. The Labute approximate surface area is 79.5 Å². The fourth-order valence-corrected chi connectivity index (χ4v) is 0.960. The lowest BCUT2D eigenvalue weighted by molar-refractivity contribution is 0.403. The number of hydrogen-bond acceptors (Lipinski definition) is 7. The Bertz CT molecular complexity index is 382. The van der Waals surface area contributed by atoms with Gasteiger partial charge in [0, 0.05) is 6.92 Å². The molecule has 7 nitrogen and oxygen atoms in total. The van der Waals surface area contributed by atoms with E-state index in [1.807, 2.05) is 0 Å². The molecule has 0 bridgehead atoms. The fraction of sp³-hybridized carbons (Fsp3) is 0.429. The maximum absolute atomic E-state index is 5.15. The number of aryl methyl sites for hydroxylation is 1. The summed E-state index contributed by atoms with van der Waals surface area (Å²) in [5, 5.41) is 14.2. The molecule has 2 aromatic heterocycles. The van der Waals surface area contributed by atoms with E-state index in [2.05, 4.69) is 30.2 Å². The van der Waals surface area contributed by atoms with Crippen molar-refractivity contribution in [3.05, 3.63) is 24.0 Å². The van der Waals surface area contributed by atoms with Gasteiger partial charge in [-0.05, 0) is 0 Å². The number of nitrogens with one attached hydrogen (secondary N) is 1. The first kappa shape index (κ1) is 8.82. The summed E-state index contributed by atoms with van der Waals surface area (Å²) in [4.78, 5) is 3.85. The lowest BCUT2D eigenvalue weighted by Crippen LogP contribution is -2.13. The van der Waals surface area contributed by atoms with E-state index in [0.29, 0.717) is 30.7 Å². The van der Waals surface area contributed by atoms with Crippen molar-refractivity contribution in [1.29, 1.82) is 0 Å². The van der Waals surface area contributed by atoms with Crippen molar-refractivity contribution in [2.45, 2.75) is 20.0 Å². The van der Waals surface area contributed by atoms with Crippen LogP contribution < -0.4 is 5.32 Å². The lowest BCUT2D eigenvalue weighted by Gasteiger charge is -1.95. The van der Waals surface area contributed by atoms with Crippen LogP contribution in [0.1, 0.15) is 17.6 Å². The molecular formula is C7H9N5O2. The number of hydrogen-bond donors (Lipinski definition) is 1. The van der Waals surface area contributed by atoms with Gasteiger partial charge in [0.2, 0.25) is 18.2 Å². The molecule has 0 saturated carbocycles. The third-order valence-electron chi connectivity index (χ3n) is 1.53. The number of aromatic nitrogens is 4. The topological polar surface area (TPSA) is 89.9 Å². The molecule has 74 valence electrons. The minimum atomic E-state index is 0.495. The van der Waals surface area contributed by atoms with Gasteiger partial charge < -0.3 is 14.3 Å². The molecule has 0 fully saturated rings. The van der Waals surface area contributed by atoms with Crippen molar-refractivity contribution in [2.24, 2.45) is 0 Å². The Hall–Kier alpha value is -1.76. The highest BCUT2D eigenvalue weighted by Crippen LogP contribution is 1.97. The van der Waals surface area contributed by atoms with Gasteiger partial charge in [-0.25, -0.2) is 0 Å². The minimum absolute atomic E-state index is 0.495. The van der Waals surface area contributed by atoms with Gasteiger partial charge >= 0.3 is 0 Å². The lowest BCUT2D eigenvalue weighted by atomic mass is 10.5. The van der Waals surface area contributed by atoms with Gasteiger partial charge in [0.05, 0.1) is 13.1 Å². The van der Waals surface area contributed by atoms with Crippen LogP contribution in [-0.2, 0) is 13.1 Å². The molecule has 1 N–H and O–H groups in total. The van der Waals surface area contributed by atoms with Crippen LogP contribution in [0.2, 0.25) is 0 Å². The van der Waals surface area contributed by atoms with E-state index < -0.39 is 0 Å². The Morgan fingerprint density at radius 2 is 2.29 bits per heavy atom. The second kappa shape index (κ2) is 3.97. The summed E-state index contributed by atoms with van der Waals surface area (Å²) in [7, 11) is 0. The average molecular weight is 195 g/mol. The molecule has 0 spiro atoms. The summed E-state index contributed by atoms with van der Waals surface area (Å²) in [5.41, 5.74) is 0. The summed E-state index contributed by atoms with van der Waals surface area (Å²) in [5.74, 6) is 1.70. The van der Waals surface area contributed by atoms with Crippen molar-refractivity contribution in [1.82, 2.24) is 25.7 Å². The van der Waals surface area contributed by atoms with Crippen molar-refractivity contribution < 1.29 is 8.94 Å². The third-order valence-corrected chi connectivity index (χ3v) is 1.53. The van der Waals surface area contributed by atoms with Crippen LogP contribution in [0.15, 0.2) is 15.3 Å². The van der Waals surface area contributed by atoms with Gasteiger partial charge in [0.15, 0.2) is 5.82 Å². The molecule has 0 aliphatic carbocycles. The molecular weight excluding hydrogens is 186 g/mol. The zero-order chi connectivity index (χ0) is 9.80. The molecule has 0 saturated heterocycles. The Kier molecular flexibility index (Phi) is 2.50. The zero-order valence-corrected chi connectivity index (χ0v) is 7.60. The van der Waals surface area contributed by atoms with Crippen LogP contribution in [0.4, 0.5) is 0 Å². The van der Waals surface area contributed by atoms with Crippen LogP contribution >= 0.6 is 0 Å². The van der Waals surface area contributed by atoms with E-state index in [1.54, 1.807) is 6.92 Å². The SMILES string of the molecule is Cc1nnc(CNCc2ncon2)o1. The summed E-state index contributed by atoms with van der Waals surface area (Å²) < 4.78 is 9.72. The predicted molar refractivity (Wildman–Crippen MR) is 43.9 cm³/mol. The highest BCUT2D eigenvalue weighted by atomic mass is 16.5. The molecule has 0 unspecified atom stereocenters. The molecule has 0 aliphatic heterocycles. The van der Waals surface area contributed by atoms with Crippen LogP contribution in [0, 0.1) is 6.92 Å². The van der Waals surface area contributed by atoms with E-state index in [4.69, 9.17) is 4.42 Å². The van der Waals surface area contributed by atoms with E-state index >= 15 is 0 Å². The highest BCUT2D eigenvalue weighted by Gasteiger charge is 2.02. The van der Waals surface area contributed by atoms with E-state index in [1.165, 1.54) is 6.39 Å². The molecule has 2 heterocycles. The summed E-state index contributed by atoms with van der Waals surface area (Å²) in [6.07, 6.45) is 1.29. The Balaban J connectivity index is 1.78. The zero-order valence-electron chi connectivity index (χ0n) is 7.60. The molecule has 0 aliphatic rings. The van der Waals surface area contributed by atoms with E-state index in [0.717, 1.165) is 0 Å². The molecule has 0 amide bonds. The van der Waals surface area contributed by atoms with Crippen LogP contribution in [0.25, 0.3) is 0 Å². The first-order valence-corrected chi connectivity index (χ1v) is 4.09. The van der Waals surface area contributed by atoms with E-state index in [-0.39, 0.29) is 0 Å². The minimum Gasteiger partial charge on any atom is -0.424 e. The smallest absolute Gasteiger partial charge is 0.230 e. The molecule has 14 heavy (non-hydrogen) atoms. The highest BCUT2D eigenvalue weighted by molar-refractivity contribution is 4.81. The standard InChI is InChI=1S/C7H9N5O2/c1-5-10-11-7(14-5)3-8-2-6-9-4-13-12-6/h4,8H,2-3H2,1H3. The summed E-state index contributed by atoms with van der Waals surface area (Å²) in [6.45, 7) is 2.75. The van der Waals surface area contributed by atoms with Gasteiger partial charge in [-0.1, -0.05) is 5.16 Å². The van der Waals surface area contributed by atoms with Crippen molar-refractivity contribution >= 4 is 0 Å². The number of nitrogens with zero attached hydrogens (tertiary/aromatic N) is 4. The summed E-state index contributed by atoms with van der Waals surface area (Å²) in [6, 6.07) is 0. The van der Waals surface area contributed by atoms with E-state index in [9.17, 15) is 0 Å². The Morgan fingerprint density at radius 1 is 1.36 bits per heavy atom. The normalized spacial score (nSPS) is 10.6. The molecule has 2 aromatic rings. The second-order valence-corrected chi connectivity index (χ2v) is 2.67. The predicted octanol–water partition coefficient (Wildman–Crippen LogP) is 0.0508. The maximum atomic E-state index is 5.15. The monoisotopic (exact) mass is 195 g/mol. The van der Waals surface area contributed by atoms with Crippen molar-refractivity contribution in [3.8, 4) is 0 Å². The molecule has 0 atom stereocenters. The van der Waals surface area contributed by atoms with Gasteiger partial charge in [0.25, 0.3) is 0 Å². The second-order valence-electron chi connectivity index (χ2n) is 2.67. The van der Waals surface area contributed by atoms with Gasteiger partial charge in [-0.3, -0.25) is 0 Å². The van der Waals surface area contributed by atoms with Crippen molar-refractivity contribution in [2.75, 3.05) is 0 Å². The average Bonchev–Trinajstić information content (AvgIpc) is 2.77. The van der Waals surface area contributed by atoms with Crippen LogP contribution in [0.3, 0.4) is 0 Å². The Morgan fingerprint density at radius 3 is 2.93 bits per heavy atom. The maximum Gasteiger partial charge on any atom is 0.230 e. The molecule has 2 rings (SSSR count). The number of rotatable bonds is 4. The fourth-order valence-electron chi connectivity index (χ4n) is 0.960. The quantitative estimate of drug-likeness (QED) is 0.737.